The number of hydrogen-bond donors (Lipinski definition) is 2. The highest BCUT2D eigenvalue weighted by Crippen LogP contribution is 2.18. The Morgan fingerprint density at radius 1 is 1.10 bits per heavy atom. The fourth-order valence-electron chi connectivity index (χ4n) is 1.69. The van der Waals surface area contributed by atoms with E-state index >= 15 is 0 Å². The normalized spacial score (nSPS) is 10.2. The highest BCUT2D eigenvalue weighted by atomic mass is 19.1. The zero-order valence-electron chi connectivity index (χ0n) is 10.9. The Labute approximate surface area is 115 Å². The van der Waals surface area contributed by atoms with Gasteiger partial charge in [-0.2, -0.15) is 0 Å². The van der Waals surface area contributed by atoms with Gasteiger partial charge in [-0.3, -0.25) is 0 Å². The second-order valence-corrected chi connectivity index (χ2v) is 4.37. The van der Waals surface area contributed by atoms with Crippen molar-refractivity contribution in [2.24, 2.45) is 0 Å². The molecule has 5 heteroatoms. The Balaban J connectivity index is 1.97. The highest BCUT2D eigenvalue weighted by molar-refractivity contribution is 5.89. The molecule has 2 amide bonds. The van der Waals surface area contributed by atoms with Gasteiger partial charge >= 0.3 is 6.03 Å². The van der Waals surface area contributed by atoms with Gasteiger partial charge in [0.15, 0.2) is 0 Å². The highest BCUT2D eigenvalue weighted by Gasteiger charge is 2.10. The number of carbonyl (C=O) groups is 1. The molecule has 0 spiro atoms. The van der Waals surface area contributed by atoms with Crippen molar-refractivity contribution in [1.82, 2.24) is 5.32 Å². The van der Waals surface area contributed by atoms with Gasteiger partial charge in [0.2, 0.25) is 0 Å². The topological polar surface area (TPSA) is 41.1 Å². The molecule has 0 saturated heterocycles. The van der Waals surface area contributed by atoms with Gasteiger partial charge in [0.1, 0.15) is 11.6 Å². The van der Waals surface area contributed by atoms with Gasteiger partial charge in [0.25, 0.3) is 0 Å². The fourth-order valence-corrected chi connectivity index (χ4v) is 1.69. The van der Waals surface area contributed by atoms with Crippen molar-refractivity contribution < 1.29 is 13.6 Å². The van der Waals surface area contributed by atoms with E-state index < -0.39 is 17.7 Å². The van der Waals surface area contributed by atoms with E-state index in [9.17, 15) is 13.6 Å². The van der Waals surface area contributed by atoms with E-state index in [2.05, 4.69) is 10.6 Å². The van der Waals surface area contributed by atoms with Crippen LogP contribution < -0.4 is 10.6 Å². The summed E-state index contributed by atoms with van der Waals surface area (Å²) in [6.45, 7) is 1.76. The van der Waals surface area contributed by atoms with Crippen LogP contribution in [0.3, 0.4) is 0 Å². The number of amides is 2. The second-order valence-electron chi connectivity index (χ2n) is 4.37. The summed E-state index contributed by atoms with van der Waals surface area (Å²) in [6, 6.07) is 10.7. The summed E-state index contributed by atoms with van der Waals surface area (Å²) < 4.78 is 26.9. The molecule has 104 valence electrons. The second kappa shape index (κ2) is 6.14. The summed E-state index contributed by atoms with van der Waals surface area (Å²) >= 11 is 0. The quantitative estimate of drug-likeness (QED) is 0.883. The van der Waals surface area contributed by atoms with Crippen LogP contribution in [0.5, 0.6) is 0 Å². The van der Waals surface area contributed by atoms with Crippen molar-refractivity contribution >= 4 is 11.7 Å². The van der Waals surface area contributed by atoms with Crippen LogP contribution in [0.4, 0.5) is 19.3 Å². The lowest BCUT2D eigenvalue weighted by molar-refractivity contribution is 0.251. The maximum Gasteiger partial charge on any atom is 0.319 e. The lowest BCUT2D eigenvalue weighted by atomic mass is 10.2. The maximum atomic E-state index is 13.5. The van der Waals surface area contributed by atoms with Crippen molar-refractivity contribution in [3.05, 3.63) is 65.2 Å². The first kappa shape index (κ1) is 14.0. The van der Waals surface area contributed by atoms with Crippen LogP contribution in [-0.4, -0.2) is 6.03 Å². The van der Waals surface area contributed by atoms with Gasteiger partial charge in [-0.1, -0.05) is 30.3 Å². The number of nitrogens with one attached hydrogen (secondary N) is 2. The van der Waals surface area contributed by atoms with Crippen LogP contribution in [0.15, 0.2) is 42.5 Å². The number of benzene rings is 2. The third kappa shape index (κ3) is 3.54. The van der Waals surface area contributed by atoms with Gasteiger partial charge < -0.3 is 10.6 Å². The van der Waals surface area contributed by atoms with Crippen LogP contribution in [0.2, 0.25) is 0 Å². The summed E-state index contributed by atoms with van der Waals surface area (Å²) in [7, 11) is 0. The van der Waals surface area contributed by atoms with E-state index in [1.165, 1.54) is 6.92 Å². The van der Waals surface area contributed by atoms with Gasteiger partial charge in [-0.15, -0.1) is 0 Å². The molecule has 2 rings (SSSR count). The molecule has 0 aliphatic carbocycles. The SMILES string of the molecule is Cc1cc(F)c(NC(=O)NCc2ccccc2)cc1F. The predicted octanol–water partition coefficient (Wildman–Crippen LogP) is 3.59. The van der Waals surface area contributed by atoms with Crippen LogP contribution >= 0.6 is 0 Å². The molecular weight excluding hydrogens is 262 g/mol. The monoisotopic (exact) mass is 276 g/mol. The minimum Gasteiger partial charge on any atom is -0.334 e. The van der Waals surface area contributed by atoms with Gasteiger partial charge in [-0.25, -0.2) is 13.6 Å². The third-order valence-corrected chi connectivity index (χ3v) is 2.79. The van der Waals surface area contributed by atoms with Crippen LogP contribution in [0.1, 0.15) is 11.1 Å². The molecular formula is C15H14F2N2O. The lowest BCUT2D eigenvalue weighted by Gasteiger charge is -2.09. The molecule has 0 aromatic heterocycles. The minimum atomic E-state index is -0.668. The molecule has 2 aromatic rings. The Morgan fingerprint density at radius 3 is 2.50 bits per heavy atom. The predicted molar refractivity (Wildman–Crippen MR) is 73.4 cm³/mol. The number of halogens is 2. The van der Waals surface area contributed by atoms with E-state index in [0.29, 0.717) is 6.54 Å². The zero-order chi connectivity index (χ0) is 14.5. The average Bonchev–Trinajstić information content (AvgIpc) is 2.44. The molecule has 0 heterocycles. The summed E-state index contributed by atoms with van der Waals surface area (Å²) in [5, 5.41) is 4.85. The maximum absolute atomic E-state index is 13.5. The Hall–Kier alpha value is -2.43. The average molecular weight is 276 g/mol. The molecule has 0 atom stereocenters. The number of rotatable bonds is 3. The molecule has 0 saturated carbocycles. The molecule has 0 unspecified atom stereocenters. The molecule has 0 radical (unpaired) electrons. The van der Waals surface area contributed by atoms with E-state index in [-0.39, 0.29) is 11.3 Å². The first-order valence-electron chi connectivity index (χ1n) is 6.10. The number of anilines is 1. The summed E-state index contributed by atoms with van der Waals surface area (Å²) in [5.41, 5.74) is 0.926. The largest absolute Gasteiger partial charge is 0.334 e. The van der Waals surface area contributed by atoms with Crippen molar-refractivity contribution in [3.8, 4) is 0 Å². The number of urea groups is 1. The number of hydrogen-bond acceptors (Lipinski definition) is 1. The molecule has 0 fully saturated rings. The number of aryl methyl sites for hydroxylation is 1. The summed E-state index contributed by atoms with van der Waals surface area (Å²) in [6.07, 6.45) is 0. The fraction of sp³-hybridized carbons (Fsp3) is 0.133. The van der Waals surface area contributed by atoms with E-state index in [0.717, 1.165) is 17.7 Å². The smallest absolute Gasteiger partial charge is 0.319 e. The van der Waals surface area contributed by atoms with Gasteiger partial charge in [0.05, 0.1) is 5.69 Å². The van der Waals surface area contributed by atoms with E-state index in [1.54, 1.807) is 0 Å². The molecule has 3 nitrogen and oxygen atoms in total. The molecule has 2 N–H and O–H groups in total. The van der Waals surface area contributed by atoms with Crippen LogP contribution in [0, 0.1) is 18.6 Å². The summed E-state index contributed by atoms with van der Waals surface area (Å²) in [4.78, 5) is 11.6. The van der Waals surface area contributed by atoms with Crippen molar-refractivity contribution in [2.75, 3.05) is 5.32 Å². The van der Waals surface area contributed by atoms with Crippen LogP contribution in [-0.2, 0) is 6.54 Å². The molecule has 0 aliphatic heterocycles. The van der Waals surface area contributed by atoms with Crippen molar-refractivity contribution in [2.45, 2.75) is 13.5 Å². The van der Waals surface area contributed by atoms with Crippen LogP contribution in [0.25, 0.3) is 0 Å². The third-order valence-electron chi connectivity index (χ3n) is 2.79. The lowest BCUT2D eigenvalue weighted by Crippen LogP contribution is -2.28. The van der Waals surface area contributed by atoms with Gasteiger partial charge in [0, 0.05) is 12.6 Å². The molecule has 20 heavy (non-hydrogen) atoms. The standard InChI is InChI=1S/C15H14F2N2O/c1-10-7-13(17)14(8-12(10)16)19-15(20)18-9-11-5-3-2-4-6-11/h2-8H,9H2,1H3,(H2,18,19,20). The Kier molecular flexibility index (Phi) is 4.30. The Morgan fingerprint density at radius 2 is 1.80 bits per heavy atom. The first-order valence-corrected chi connectivity index (χ1v) is 6.10. The number of carbonyl (C=O) groups excluding carboxylic acids is 1. The van der Waals surface area contributed by atoms with Gasteiger partial charge in [-0.05, 0) is 24.1 Å². The minimum absolute atomic E-state index is 0.182. The summed E-state index contributed by atoms with van der Waals surface area (Å²) in [5.74, 6) is -1.23. The van der Waals surface area contributed by atoms with Crippen molar-refractivity contribution in [3.63, 3.8) is 0 Å². The van der Waals surface area contributed by atoms with E-state index in [1.807, 2.05) is 30.3 Å². The molecule has 0 aliphatic rings. The molecule has 2 aromatic carbocycles. The van der Waals surface area contributed by atoms with E-state index in [4.69, 9.17) is 0 Å². The Bertz CT molecular complexity index is 615. The first-order chi connectivity index (χ1) is 9.56. The van der Waals surface area contributed by atoms with Crippen molar-refractivity contribution in [1.29, 1.82) is 0 Å². The molecule has 0 bridgehead atoms. The zero-order valence-corrected chi connectivity index (χ0v) is 10.9.